The second-order valence-electron chi connectivity index (χ2n) is 6.26. The molecule has 1 amide bonds. The molecule has 2 aromatic rings. The van der Waals surface area contributed by atoms with E-state index in [4.69, 9.17) is 0 Å². The molecule has 2 aromatic heterocycles. The fraction of sp³-hybridized carbons (Fsp3) is 0.529. The number of aromatic nitrogens is 4. The van der Waals surface area contributed by atoms with E-state index in [2.05, 4.69) is 31.3 Å². The van der Waals surface area contributed by atoms with Crippen LogP contribution in [0.3, 0.4) is 0 Å². The number of nitrogens with one attached hydrogen (secondary N) is 1. The molecule has 7 heteroatoms. The lowest BCUT2D eigenvalue weighted by Crippen LogP contribution is -2.34. The van der Waals surface area contributed by atoms with Gasteiger partial charge in [0.1, 0.15) is 5.82 Å². The van der Waals surface area contributed by atoms with Gasteiger partial charge in [-0.3, -0.25) is 14.4 Å². The summed E-state index contributed by atoms with van der Waals surface area (Å²) in [5.41, 5.74) is 4.10. The smallest absolute Gasteiger partial charge is 0.220 e. The molecule has 128 valence electrons. The SMILES string of the molecule is CCC(=O)NCc1cc2n(n1)CCN(Cc1nc(C)cc(C)n1)C2. The molecule has 0 bridgehead atoms. The zero-order valence-corrected chi connectivity index (χ0v) is 14.5. The van der Waals surface area contributed by atoms with Gasteiger partial charge in [0.2, 0.25) is 5.91 Å². The van der Waals surface area contributed by atoms with E-state index in [9.17, 15) is 4.79 Å². The van der Waals surface area contributed by atoms with Crippen LogP contribution in [0.15, 0.2) is 12.1 Å². The Morgan fingerprint density at radius 1 is 1.21 bits per heavy atom. The number of rotatable bonds is 5. The zero-order chi connectivity index (χ0) is 17.1. The topological polar surface area (TPSA) is 75.9 Å². The minimum absolute atomic E-state index is 0.0505. The van der Waals surface area contributed by atoms with Crippen molar-refractivity contribution in [3.63, 3.8) is 0 Å². The number of carbonyl (C=O) groups excluding carboxylic acids is 1. The summed E-state index contributed by atoms with van der Waals surface area (Å²) in [6.45, 7) is 9.68. The number of nitrogens with zero attached hydrogens (tertiary/aromatic N) is 5. The number of hydrogen-bond donors (Lipinski definition) is 1. The van der Waals surface area contributed by atoms with Gasteiger partial charge in [0, 0.05) is 30.9 Å². The van der Waals surface area contributed by atoms with Crippen molar-refractivity contribution in [2.45, 2.75) is 53.4 Å². The molecule has 0 aromatic carbocycles. The van der Waals surface area contributed by atoms with Crippen LogP contribution in [0.2, 0.25) is 0 Å². The van der Waals surface area contributed by atoms with Crippen LogP contribution in [0.1, 0.15) is 41.9 Å². The van der Waals surface area contributed by atoms with E-state index < -0.39 is 0 Å². The van der Waals surface area contributed by atoms with E-state index >= 15 is 0 Å². The summed E-state index contributed by atoms with van der Waals surface area (Å²) in [6, 6.07) is 4.07. The van der Waals surface area contributed by atoms with Gasteiger partial charge in [-0.2, -0.15) is 5.10 Å². The van der Waals surface area contributed by atoms with Crippen LogP contribution in [-0.4, -0.2) is 37.1 Å². The molecule has 0 aliphatic carbocycles. The van der Waals surface area contributed by atoms with E-state index in [1.807, 2.05) is 31.5 Å². The second-order valence-corrected chi connectivity index (χ2v) is 6.26. The van der Waals surface area contributed by atoms with Gasteiger partial charge in [0.05, 0.1) is 31.0 Å². The van der Waals surface area contributed by atoms with E-state index in [-0.39, 0.29) is 5.91 Å². The summed E-state index contributed by atoms with van der Waals surface area (Å²) in [7, 11) is 0. The number of amides is 1. The average molecular weight is 328 g/mol. The quantitative estimate of drug-likeness (QED) is 0.896. The van der Waals surface area contributed by atoms with Crippen molar-refractivity contribution in [3.05, 3.63) is 40.7 Å². The lowest BCUT2D eigenvalue weighted by atomic mass is 10.2. The molecular weight excluding hydrogens is 304 g/mol. The third-order valence-electron chi connectivity index (χ3n) is 4.11. The van der Waals surface area contributed by atoms with Gasteiger partial charge in [0.25, 0.3) is 0 Å². The third-order valence-corrected chi connectivity index (χ3v) is 4.11. The molecule has 0 atom stereocenters. The van der Waals surface area contributed by atoms with E-state index in [0.717, 1.165) is 49.1 Å². The van der Waals surface area contributed by atoms with Crippen molar-refractivity contribution in [2.24, 2.45) is 0 Å². The first-order chi connectivity index (χ1) is 11.5. The van der Waals surface area contributed by atoms with Crippen molar-refractivity contribution in [1.29, 1.82) is 0 Å². The lowest BCUT2D eigenvalue weighted by Gasteiger charge is -2.26. The fourth-order valence-corrected chi connectivity index (χ4v) is 2.99. The van der Waals surface area contributed by atoms with Crippen LogP contribution in [-0.2, 0) is 31.0 Å². The molecule has 0 spiro atoms. The van der Waals surface area contributed by atoms with Gasteiger partial charge >= 0.3 is 0 Å². The Morgan fingerprint density at radius 3 is 2.67 bits per heavy atom. The molecule has 0 unspecified atom stereocenters. The molecule has 0 fully saturated rings. The Labute approximate surface area is 142 Å². The predicted molar refractivity (Wildman–Crippen MR) is 90.0 cm³/mol. The van der Waals surface area contributed by atoms with Gasteiger partial charge < -0.3 is 5.32 Å². The minimum Gasteiger partial charge on any atom is -0.350 e. The Kier molecular flexibility index (Phi) is 4.89. The minimum atomic E-state index is 0.0505. The largest absolute Gasteiger partial charge is 0.350 e. The van der Waals surface area contributed by atoms with Crippen LogP contribution >= 0.6 is 0 Å². The summed E-state index contributed by atoms with van der Waals surface area (Å²) < 4.78 is 2.03. The van der Waals surface area contributed by atoms with Crippen LogP contribution in [0.5, 0.6) is 0 Å². The highest BCUT2D eigenvalue weighted by Crippen LogP contribution is 2.15. The maximum atomic E-state index is 11.4. The first-order valence-corrected chi connectivity index (χ1v) is 8.39. The average Bonchev–Trinajstić information content (AvgIpc) is 2.93. The molecule has 0 saturated heterocycles. The normalized spacial score (nSPS) is 14.5. The highest BCUT2D eigenvalue weighted by atomic mass is 16.1. The van der Waals surface area contributed by atoms with E-state index in [1.165, 1.54) is 5.69 Å². The number of carbonyl (C=O) groups is 1. The number of aryl methyl sites for hydroxylation is 2. The molecule has 0 radical (unpaired) electrons. The first kappa shape index (κ1) is 16.6. The summed E-state index contributed by atoms with van der Waals surface area (Å²) in [5, 5.41) is 7.44. The number of hydrogen-bond acceptors (Lipinski definition) is 5. The Hall–Kier alpha value is -2.28. The van der Waals surface area contributed by atoms with Gasteiger partial charge in [-0.15, -0.1) is 0 Å². The monoisotopic (exact) mass is 328 g/mol. The van der Waals surface area contributed by atoms with Gasteiger partial charge in [-0.1, -0.05) is 6.92 Å². The Morgan fingerprint density at radius 2 is 1.96 bits per heavy atom. The van der Waals surface area contributed by atoms with Gasteiger partial charge in [-0.05, 0) is 26.0 Å². The molecule has 1 aliphatic heterocycles. The highest BCUT2D eigenvalue weighted by molar-refractivity contribution is 5.75. The van der Waals surface area contributed by atoms with Crippen molar-refractivity contribution in [3.8, 4) is 0 Å². The highest BCUT2D eigenvalue weighted by Gasteiger charge is 2.19. The third kappa shape index (κ3) is 3.97. The predicted octanol–water partition coefficient (Wildman–Crippen LogP) is 1.33. The van der Waals surface area contributed by atoms with Gasteiger partial charge in [0.15, 0.2) is 0 Å². The zero-order valence-electron chi connectivity index (χ0n) is 14.5. The molecule has 3 heterocycles. The molecule has 1 N–H and O–H groups in total. The van der Waals surface area contributed by atoms with Crippen molar-refractivity contribution >= 4 is 5.91 Å². The maximum absolute atomic E-state index is 11.4. The number of fused-ring (bicyclic) bond motifs is 1. The first-order valence-electron chi connectivity index (χ1n) is 8.39. The standard InChI is InChI=1S/C17H24N6O/c1-4-17(24)18-9-14-8-15-10-22(5-6-23(15)21-14)11-16-19-12(2)7-13(3)20-16/h7-8H,4-6,9-11H2,1-3H3,(H,18,24). The van der Waals surface area contributed by atoms with E-state index in [0.29, 0.717) is 13.0 Å². The molecule has 0 saturated carbocycles. The summed E-state index contributed by atoms with van der Waals surface area (Å²) in [5.74, 6) is 0.922. The van der Waals surface area contributed by atoms with Crippen LogP contribution < -0.4 is 5.32 Å². The van der Waals surface area contributed by atoms with Crippen molar-refractivity contribution < 1.29 is 4.79 Å². The summed E-state index contributed by atoms with van der Waals surface area (Å²) in [6.07, 6.45) is 0.497. The molecule has 3 rings (SSSR count). The summed E-state index contributed by atoms with van der Waals surface area (Å²) in [4.78, 5) is 22.8. The molecule has 24 heavy (non-hydrogen) atoms. The van der Waals surface area contributed by atoms with Crippen LogP contribution in [0.4, 0.5) is 0 Å². The van der Waals surface area contributed by atoms with Gasteiger partial charge in [-0.25, -0.2) is 9.97 Å². The summed E-state index contributed by atoms with van der Waals surface area (Å²) >= 11 is 0. The molecular formula is C17H24N6O. The van der Waals surface area contributed by atoms with E-state index in [1.54, 1.807) is 0 Å². The Bertz CT molecular complexity index is 718. The second kappa shape index (κ2) is 7.09. The molecule has 1 aliphatic rings. The van der Waals surface area contributed by atoms with Crippen LogP contribution in [0.25, 0.3) is 0 Å². The van der Waals surface area contributed by atoms with Crippen molar-refractivity contribution in [1.82, 2.24) is 30.0 Å². The maximum Gasteiger partial charge on any atom is 0.220 e. The van der Waals surface area contributed by atoms with Crippen LogP contribution in [0, 0.1) is 13.8 Å². The lowest BCUT2D eigenvalue weighted by molar-refractivity contribution is -0.120. The fourth-order valence-electron chi connectivity index (χ4n) is 2.99. The molecule has 7 nitrogen and oxygen atoms in total. The van der Waals surface area contributed by atoms with Crippen molar-refractivity contribution in [2.75, 3.05) is 6.54 Å². The Balaban J connectivity index is 1.63.